The summed E-state index contributed by atoms with van der Waals surface area (Å²) in [5, 5.41) is 6.20. The summed E-state index contributed by atoms with van der Waals surface area (Å²) in [7, 11) is 1.89. The van der Waals surface area contributed by atoms with E-state index in [1.807, 2.05) is 25.4 Å². The van der Waals surface area contributed by atoms with Gasteiger partial charge in [-0.05, 0) is 26.2 Å². The highest BCUT2D eigenvalue weighted by molar-refractivity contribution is 7.09. The van der Waals surface area contributed by atoms with Crippen LogP contribution in [0.4, 0.5) is 0 Å². The van der Waals surface area contributed by atoms with E-state index in [1.54, 1.807) is 11.3 Å². The fraction of sp³-hybridized carbons (Fsp3) is 0.375. The zero-order valence-corrected chi connectivity index (χ0v) is 8.06. The maximum Gasteiger partial charge on any atom is 0.114 e. The molecule has 12 heavy (non-hydrogen) atoms. The minimum Gasteiger partial charge on any atom is -0.405 e. The smallest absolute Gasteiger partial charge is 0.114 e. The first-order valence-corrected chi connectivity index (χ1v) is 4.63. The molecule has 1 atom stereocenters. The Kier molecular flexibility index (Phi) is 3.25. The van der Waals surface area contributed by atoms with Crippen molar-refractivity contribution in [1.29, 1.82) is 0 Å². The molecule has 0 amide bonds. The number of aryl methyl sites for hydroxylation is 1. The zero-order chi connectivity index (χ0) is 8.97. The molecule has 1 aromatic rings. The Balaban J connectivity index is 2.79. The van der Waals surface area contributed by atoms with Gasteiger partial charge in [-0.25, -0.2) is 4.98 Å². The number of nitrogens with zero attached hydrogens (tertiary/aromatic N) is 1. The van der Waals surface area contributed by atoms with E-state index in [-0.39, 0.29) is 6.04 Å². The van der Waals surface area contributed by atoms with Crippen molar-refractivity contribution in [3.05, 3.63) is 28.4 Å². The molecule has 0 aliphatic carbocycles. The van der Waals surface area contributed by atoms with Gasteiger partial charge in [-0.2, -0.15) is 0 Å². The Bertz CT molecular complexity index is 267. The number of likely N-dealkylation sites (N-methyl/N-ethyl adjacent to an activating group) is 1. The Hall–Kier alpha value is -0.870. The molecule has 0 saturated heterocycles. The molecule has 66 valence electrons. The predicted molar refractivity (Wildman–Crippen MR) is 52.0 cm³/mol. The van der Waals surface area contributed by atoms with Crippen LogP contribution in [-0.2, 0) is 0 Å². The van der Waals surface area contributed by atoms with Gasteiger partial charge < -0.3 is 11.1 Å². The van der Waals surface area contributed by atoms with Crippen molar-refractivity contribution in [2.24, 2.45) is 5.73 Å². The highest BCUT2D eigenvalue weighted by Gasteiger charge is 2.07. The van der Waals surface area contributed by atoms with E-state index >= 15 is 0 Å². The van der Waals surface area contributed by atoms with Gasteiger partial charge in [0.1, 0.15) is 5.01 Å². The van der Waals surface area contributed by atoms with Gasteiger partial charge in [0.15, 0.2) is 0 Å². The van der Waals surface area contributed by atoms with Gasteiger partial charge in [0.2, 0.25) is 0 Å². The second-order valence-electron chi connectivity index (χ2n) is 2.48. The summed E-state index contributed by atoms with van der Waals surface area (Å²) >= 11 is 1.64. The molecule has 3 N–H and O–H groups in total. The molecule has 0 aromatic carbocycles. The third-order valence-electron chi connectivity index (χ3n) is 1.52. The quantitative estimate of drug-likeness (QED) is 0.740. The van der Waals surface area contributed by atoms with Crippen LogP contribution >= 0.6 is 11.3 Å². The summed E-state index contributed by atoms with van der Waals surface area (Å²) in [5.41, 5.74) is 6.36. The van der Waals surface area contributed by atoms with Gasteiger partial charge in [0, 0.05) is 11.1 Å². The lowest BCUT2D eigenvalue weighted by Gasteiger charge is -2.06. The summed E-state index contributed by atoms with van der Waals surface area (Å²) in [4.78, 5) is 4.35. The van der Waals surface area contributed by atoms with Crippen molar-refractivity contribution >= 4 is 11.3 Å². The zero-order valence-electron chi connectivity index (χ0n) is 7.24. The second kappa shape index (κ2) is 4.23. The van der Waals surface area contributed by atoms with Crippen LogP contribution in [0.2, 0.25) is 0 Å². The van der Waals surface area contributed by atoms with Crippen LogP contribution in [0.5, 0.6) is 0 Å². The van der Waals surface area contributed by atoms with Crippen molar-refractivity contribution in [3.8, 4) is 0 Å². The van der Waals surface area contributed by atoms with Gasteiger partial charge in [-0.15, -0.1) is 11.3 Å². The highest BCUT2D eigenvalue weighted by Crippen LogP contribution is 2.18. The second-order valence-corrected chi connectivity index (χ2v) is 3.37. The van der Waals surface area contributed by atoms with Gasteiger partial charge in [0.25, 0.3) is 0 Å². The van der Waals surface area contributed by atoms with Crippen LogP contribution in [0.3, 0.4) is 0 Å². The Morgan fingerprint density at radius 3 is 2.92 bits per heavy atom. The molecule has 0 fully saturated rings. The molecule has 1 unspecified atom stereocenters. The van der Waals surface area contributed by atoms with Gasteiger partial charge in [-0.1, -0.05) is 0 Å². The largest absolute Gasteiger partial charge is 0.405 e. The number of aromatic nitrogens is 1. The summed E-state index contributed by atoms with van der Waals surface area (Å²) in [6.07, 6.45) is 3.43. The van der Waals surface area contributed by atoms with Crippen molar-refractivity contribution in [2.45, 2.75) is 13.0 Å². The van der Waals surface area contributed by atoms with Gasteiger partial charge in [-0.3, -0.25) is 0 Å². The summed E-state index contributed by atoms with van der Waals surface area (Å²) < 4.78 is 0. The first-order chi connectivity index (χ1) is 5.77. The molecule has 1 rings (SSSR count). The topological polar surface area (TPSA) is 50.9 Å². The highest BCUT2D eigenvalue weighted by atomic mass is 32.1. The van der Waals surface area contributed by atoms with E-state index in [0.29, 0.717) is 0 Å². The third-order valence-corrected chi connectivity index (χ3v) is 2.56. The molecule has 0 aliphatic heterocycles. The molecule has 0 spiro atoms. The molecular formula is C8H13N3S. The van der Waals surface area contributed by atoms with Crippen LogP contribution in [0, 0.1) is 6.92 Å². The molecule has 0 bridgehead atoms. The SMILES string of the molecule is CNC(/C=C\N)c1nc(C)cs1. The number of nitrogens with one attached hydrogen (secondary N) is 1. The number of nitrogens with two attached hydrogens (primary N) is 1. The fourth-order valence-electron chi connectivity index (χ4n) is 0.928. The Labute approximate surface area is 76.3 Å². The molecule has 0 saturated carbocycles. The van der Waals surface area contributed by atoms with E-state index in [4.69, 9.17) is 5.73 Å². The van der Waals surface area contributed by atoms with Crippen LogP contribution in [0.25, 0.3) is 0 Å². The van der Waals surface area contributed by atoms with Crippen molar-refractivity contribution < 1.29 is 0 Å². The lowest BCUT2D eigenvalue weighted by atomic mass is 10.3. The standard InChI is InChI=1S/C8H13N3S/c1-6-5-12-8(11-6)7(10-2)3-4-9/h3-5,7,10H,9H2,1-2H3/b4-3-. The van der Waals surface area contributed by atoms with Crippen LogP contribution < -0.4 is 11.1 Å². The maximum atomic E-state index is 5.31. The Morgan fingerprint density at radius 2 is 2.50 bits per heavy atom. The van der Waals surface area contributed by atoms with Crippen molar-refractivity contribution in [2.75, 3.05) is 7.05 Å². The number of rotatable bonds is 3. The van der Waals surface area contributed by atoms with E-state index in [2.05, 4.69) is 10.3 Å². The Morgan fingerprint density at radius 1 is 1.75 bits per heavy atom. The molecule has 0 aliphatic rings. The average Bonchev–Trinajstić information content (AvgIpc) is 2.47. The lowest BCUT2D eigenvalue weighted by Crippen LogP contribution is -2.13. The van der Waals surface area contributed by atoms with E-state index in [9.17, 15) is 0 Å². The van der Waals surface area contributed by atoms with Gasteiger partial charge in [0.05, 0.1) is 6.04 Å². The van der Waals surface area contributed by atoms with Crippen LogP contribution in [-0.4, -0.2) is 12.0 Å². The monoisotopic (exact) mass is 183 g/mol. The van der Waals surface area contributed by atoms with E-state index in [0.717, 1.165) is 10.7 Å². The molecule has 1 heterocycles. The minimum atomic E-state index is 0.147. The van der Waals surface area contributed by atoms with E-state index in [1.165, 1.54) is 6.20 Å². The first-order valence-electron chi connectivity index (χ1n) is 3.75. The van der Waals surface area contributed by atoms with E-state index < -0.39 is 0 Å². The molecule has 4 heteroatoms. The van der Waals surface area contributed by atoms with Crippen LogP contribution in [0.15, 0.2) is 17.7 Å². The molecule has 3 nitrogen and oxygen atoms in total. The van der Waals surface area contributed by atoms with Gasteiger partial charge >= 0.3 is 0 Å². The maximum absolute atomic E-state index is 5.31. The summed E-state index contributed by atoms with van der Waals surface area (Å²) in [6.45, 7) is 1.98. The number of hydrogen-bond acceptors (Lipinski definition) is 4. The summed E-state index contributed by atoms with van der Waals surface area (Å²) in [6, 6.07) is 0.147. The average molecular weight is 183 g/mol. The van der Waals surface area contributed by atoms with Crippen molar-refractivity contribution in [1.82, 2.24) is 10.3 Å². The third kappa shape index (κ3) is 2.06. The lowest BCUT2D eigenvalue weighted by molar-refractivity contribution is 0.706. The fourth-order valence-corrected chi connectivity index (χ4v) is 1.81. The number of thiazole rings is 1. The first kappa shape index (κ1) is 9.22. The minimum absolute atomic E-state index is 0.147. The molecular weight excluding hydrogens is 170 g/mol. The number of hydrogen-bond donors (Lipinski definition) is 2. The summed E-state index contributed by atoms with van der Waals surface area (Å²) in [5.74, 6) is 0. The predicted octanol–water partition coefficient (Wildman–Crippen LogP) is 1.18. The molecule has 1 aromatic heterocycles. The van der Waals surface area contributed by atoms with Crippen LogP contribution in [0.1, 0.15) is 16.7 Å². The normalized spacial score (nSPS) is 13.8. The van der Waals surface area contributed by atoms with Crippen molar-refractivity contribution in [3.63, 3.8) is 0 Å². The molecule has 0 radical (unpaired) electrons.